The van der Waals surface area contributed by atoms with Crippen LogP contribution in [0.15, 0.2) is 30.9 Å². The van der Waals surface area contributed by atoms with Crippen LogP contribution in [0, 0.1) is 6.92 Å². The van der Waals surface area contributed by atoms with Crippen molar-refractivity contribution in [1.82, 2.24) is 14.8 Å². The van der Waals surface area contributed by atoms with Gasteiger partial charge in [-0.2, -0.15) is 5.10 Å². The lowest BCUT2D eigenvalue weighted by atomic mass is 10.1. The lowest BCUT2D eigenvalue weighted by Crippen LogP contribution is -2.26. The summed E-state index contributed by atoms with van der Waals surface area (Å²) in [5.74, 6) is -0.309. The van der Waals surface area contributed by atoms with Crippen molar-refractivity contribution in [2.75, 3.05) is 13.2 Å². The highest BCUT2D eigenvalue weighted by molar-refractivity contribution is 5.91. The van der Waals surface area contributed by atoms with Gasteiger partial charge in [-0.25, -0.2) is 14.5 Å². The molecule has 1 aromatic carbocycles. The largest absolute Gasteiger partial charge is 0.459 e. The number of rotatable bonds is 4. The van der Waals surface area contributed by atoms with Crippen LogP contribution in [0.3, 0.4) is 0 Å². The molecule has 0 radical (unpaired) electrons. The molecule has 22 heavy (non-hydrogen) atoms. The number of nitrogens with zero attached hydrogens (tertiary/aromatic N) is 3. The fourth-order valence-electron chi connectivity index (χ4n) is 2.55. The molecule has 2 heterocycles. The molecule has 6 nitrogen and oxygen atoms in total. The zero-order valence-corrected chi connectivity index (χ0v) is 12.6. The second-order valence-electron chi connectivity index (χ2n) is 5.43. The molecule has 0 N–H and O–H groups in total. The van der Waals surface area contributed by atoms with Gasteiger partial charge in [0.05, 0.1) is 17.4 Å². The highest BCUT2D eigenvalue weighted by Gasteiger charge is 2.18. The summed E-state index contributed by atoms with van der Waals surface area (Å²) in [7, 11) is 0. The molecule has 0 amide bonds. The Labute approximate surface area is 129 Å². The average Bonchev–Trinajstić information content (AvgIpc) is 3.08. The Hall–Kier alpha value is -2.21. The van der Waals surface area contributed by atoms with E-state index in [1.165, 1.54) is 6.33 Å². The molecule has 0 spiro atoms. The fourth-order valence-corrected chi connectivity index (χ4v) is 2.55. The SMILES string of the molecule is Cc1cc(-n2cncn2)ccc1C(=O)OC[C@H]1CCCCO1. The molecule has 1 fully saturated rings. The Morgan fingerprint density at radius 3 is 3.05 bits per heavy atom. The second-order valence-corrected chi connectivity index (χ2v) is 5.43. The first-order chi connectivity index (χ1) is 10.7. The van der Waals surface area contributed by atoms with Crippen LogP contribution in [0.1, 0.15) is 35.2 Å². The van der Waals surface area contributed by atoms with Crippen LogP contribution in [0.25, 0.3) is 5.69 Å². The van der Waals surface area contributed by atoms with Gasteiger partial charge < -0.3 is 9.47 Å². The molecule has 2 aromatic rings. The van der Waals surface area contributed by atoms with E-state index >= 15 is 0 Å². The van der Waals surface area contributed by atoms with Gasteiger partial charge in [-0.05, 0) is 49.9 Å². The van der Waals surface area contributed by atoms with Gasteiger partial charge in [0.25, 0.3) is 0 Å². The van der Waals surface area contributed by atoms with E-state index in [1.807, 2.05) is 19.1 Å². The van der Waals surface area contributed by atoms with E-state index in [4.69, 9.17) is 9.47 Å². The van der Waals surface area contributed by atoms with Crippen molar-refractivity contribution in [3.63, 3.8) is 0 Å². The topological polar surface area (TPSA) is 66.2 Å². The Kier molecular flexibility index (Phi) is 4.48. The van der Waals surface area contributed by atoms with E-state index < -0.39 is 0 Å². The molecule has 3 rings (SSSR count). The quantitative estimate of drug-likeness (QED) is 0.811. The van der Waals surface area contributed by atoms with Crippen molar-refractivity contribution in [2.24, 2.45) is 0 Å². The van der Waals surface area contributed by atoms with E-state index in [0.717, 1.165) is 37.1 Å². The molecule has 1 atom stereocenters. The summed E-state index contributed by atoms with van der Waals surface area (Å²) in [4.78, 5) is 16.1. The number of hydrogen-bond donors (Lipinski definition) is 0. The smallest absolute Gasteiger partial charge is 0.338 e. The lowest BCUT2D eigenvalue weighted by Gasteiger charge is -2.22. The van der Waals surface area contributed by atoms with Crippen LogP contribution in [0.4, 0.5) is 0 Å². The highest BCUT2D eigenvalue weighted by atomic mass is 16.6. The normalized spacial score (nSPS) is 18.1. The molecule has 1 saturated heterocycles. The van der Waals surface area contributed by atoms with Gasteiger partial charge in [0.15, 0.2) is 0 Å². The van der Waals surface area contributed by atoms with Crippen molar-refractivity contribution < 1.29 is 14.3 Å². The highest BCUT2D eigenvalue weighted by Crippen LogP contribution is 2.17. The predicted molar refractivity (Wildman–Crippen MR) is 80.0 cm³/mol. The third-order valence-corrected chi connectivity index (χ3v) is 3.79. The summed E-state index contributed by atoms with van der Waals surface area (Å²) in [5.41, 5.74) is 2.28. The number of hydrogen-bond acceptors (Lipinski definition) is 5. The summed E-state index contributed by atoms with van der Waals surface area (Å²) in [6.07, 6.45) is 6.31. The summed E-state index contributed by atoms with van der Waals surface area (Å²) < 4.78 is 12.6. The van der Waals surface area contributed by atoms with Crippen molar-refractivity contribution in [3.05, 3.63) is 42.0 Å². The molecular formula is C16H19N3O3. The van der Waals surface area contributed by atoms with Crippen LogP contribution in [-0.2, 0) is 9.47 Å². The summed E-state index contributed by atoms with van der Waals surface area (Å²) in [6.45, 7) is 2.96. The zero-order chi connectivity index (χ0) is 15.4. The van der Waals surface area contributed by atoms with Crippen LogP contribution >= 0.6 is 0 Å². The van der Waals surface area contributed by atoms with Crippen molar-refractivity contribution in [3.8, 4) is 5.69 Å². The molecule has 0 bridgehead atoms. The fraction of sp³-hybridized carbons (Fsp3) is 0.438. The molecule has 6 heteroatoms. The van der Waals surface area contributed by atoms with Crippen molar-refractivity contribution in [1.29, 1.82) is 0 Å². The third-order valence-electron chi connectivity index (χ3n) is 3.79. The number of carbonyl (C=O) groups excluding carboxylic acids is 1. The molecule has 1 aliphatic rings. The minimum absolute atomic E-state index is 0.0347. The van der Waals surface area contributed by atoms with Gasteiger partial charge in [-0.15, -0.1) is 0 Å². The first-order valence-corrected chi connectivity index (χ1v) is 7.48. The van der Waals surface area contributed by atoms with Crippen LogP contribution in [-0.4, -0.2) is 40.1 Å². The average molecular weight is 301 g/mol. The van der Waals surface area contributed by atoms with E-state index in [9.17, 15) is 4.79 Å². The van der Waals surface area contributed by atoms with Gasteiger partial charge in [-0.1, -0.05) is 0 Å². The van der Waals surface area contributed by atoms with Crippen molar-refractivity contribution in [2.45, 2.75) is 32.3 Å². The van der Waals surface area contributed by atoms with E-state index in [1.54, 1.807) is 17.1 Å². The van der Waals surface area contributed by atoms with Crippen LogP contribution in [0.5, 0.6) is 0 Å². The minimum atomic E-state index is -0.309. The van der Waals surface area contributed by atoms with E-state index in [-0.39, 0.29) is 12.1 Å². The molecule has 0 saturated carbocycles. The van der Waals surface area contributed by atoms with Gasteiger partial charge in [0.1, 0.15) is 19.3 Å². The Balaban J connectivity index is 1.65. The maximum atomic E-state index is 12.2. The molecular weight excluding hydrogens is 282 g/mol. The second kappa shape index (κ2) is 6.70. The number of esters is 1. The van der Waals surface area contributed by atoms with E-state index in [0.29, 0.717) is 12.2 Å². The first-order valence-electron chi connectivity index (χ1n) is 7.48. The number of aryl methyl sites for hydroxylation is 1. The predicted octanol–water partition coefficient (Wildman–Crippen LogP) is 2.30. The molecule has 0 aliphatic carbocycles. The zero-order valence-electron chi connectivity index (χ0n) is 12.6. The maximum Gasteiger partial charge on any atom is 0.338 e. The molecule has 1 aromatic heterocycles. The number of aromatic nitrogens is 3. The summed E-state index contributed by atoms with van der Waals surface area (Å²) >= 11 is 0. The van der Waals surface area contributed by atoms with Gasteiger partial charge in [0, 0.05) is 6.61 Å². The third kappa shape index (κ3) is 3.33. The Bertz CT molecular complexity index is 634. The monoisotopic (exact) mass is 301 g/mol. The Morgan fingerprint density at radius 2 is 2.36 bits per heavy atom. The molecule has 1 aliphatic heterocycles. The Morgan fingerprint density at radius 1 is 1.45 bits per heavy atom. The summed E-state index contributed by atoms with van der Waals surface area (Å²) in [5, 5.41) is 4.07. The molecule has 116 valence electrons. The number of benzene rings is 1. The molecule has 0 unspecified atom stereocenters. The van der Waals surface area contributed by atoms with E-state index in [2.05, 4.69) is 10.1 Å². The number of carbonyl (C=O) groups is 1. The van der Waals surface area contributed by atoms with Crippen LogP contribution in [0.2, 0.25) is 0 Å². The van der Waals surface area contributed by atoms with Crippen LogP contribution < -0.4 is 0 Å². The lowest BCUT2D eigenvalue weighted by molar-refractivity contribution is -0.0300. The standard InChI is InChI=1S/C16H19N3O3/c1-12-8-13(19-11-17-10-18-19)5-6-15(12)16(20)22-9-14-4-2-3-7-21-14/h5-6,8,10-11,14H,2-4,7,9H2,1H3/t14-/m1/s1. The number of ether oxygens (including phenoxy) is 2. The minimum Gasteiger partial charge on any atom is -0.459 e. The first kappa shape index (κ1) is 14.7. The van der Waals surface area contributed by atoms with Crippen molar-refractivity contribution >= 4 is 5.97 Å². The maximum absolute atomic E-state index is 12.2. The van der Waals surface area contributed by atoms with Gasteiger partial charge >= 0.3 is 5.97 Å². The summed E-state index contributed by atoms with van der Waals surface area (Å²) in [6, 6.07) is 5.48. The van der Waals surface area contributed by atoms with Gasteiger partial charge in [0.2, 0.25) is 0 Å². The van der Waals surface area contributed by atoms with Gasteiger partial charge in [-0.3, -0.25) is 0 Å².